The number of nitrogens with one attached hydrogen (secondary N) is 2. The van der Waals surface area contributed by atoms with Crippen LogP contribution in [0.15, 0.2) is 54.9 Å². The molecule has 0 saturated heterocycles. The molecule has 6 aromatic rings. The van der Waals surface area contributed by atoms with Crippen molar-refractivity contribution in [3.63, 3.8) is 0 Å². The van der Waals surface area contributed by atoms with Crippen LogP contribution in [0.2, 0.25) is 0 Å². The van der Waals surface area contributed by atoms with Crippen molar-refractivity contribution in [2.45, 2.75) is 46.7 Å². The molecule has 0 spiro atoms. The van der Waals surface area contributed by atoms with Crippen LogP contribution in [0.5, 0.6) is 0 Å². The predicted octanol–water partition coefficient (Wildman–Crippen LogP) is 3.25. The molecule has 0 aliphatic carbocycles. The highest BCUT2D eigenvalue weighted by molar-refractivity contribution is 6.06. The van der Waals surface area contributed by atoms with Crippen LogP contribution in [0.3, 0.4) is 0 Å². The van der Waals surface area contributed by atoms with E-state index in [-0.39, 0.29) is 42.4 Å². The third-order valence-corrected chi connectivity index (χ3v) is 8.51. The Balaban J connectivity index is 1.34. The first-order chi connectivity index (χ1) is 24.4. The number of carbonyl (C=O) groups is 4. The molecule has 16 heteroatoms. The van der Waals surface area contributed by atoms with Crippen molar-refractivity contribution in [2.24, 2.45) is 25.6 Å². The molecule has 0 saturated carbocycles. The number of nitrogens with zero attached hydrogens (tertiary/aromatic N) is 8. The van der Waals surface area contributed by atoms with E-state index in [0.29, 0.717) is 63.0 Å². The van der Waals surface area contributed by atoms with Gasteiger partial charge in [0.05, 0.1) is 44.6 Å². The van der Waals surface area contributed by atoms with Gasteiger partial charge in [-0.15, -0.1) is 0 Å². The molecule has 4 amide bonds. The fraction of sp³-hybridized carbons (Fsp3) is 0.257. The SMILES string of the molecule is CCc1nn(C)cc1C(=O)Nc1nc2cc(C(N)=O)ccc2n1C/C=C/Cn1c(NC(=O)c2cn(C)nc2CC)nc2cc(C(N)=O)cc(C)c21. The normalized spacial score (nSPS) is 11.5. The number of nitrogens with two attached hydrogens (primary N) is 2. The summed E-state index contributed by atoms with van der Waals surface area (Å²) in [7, 11) is 3.50. The number of allylic oxidation sites excluding steroid dienone is 2. The van der Waals surface area contributed by atoms with Crippen LogP contribution in [0.4, 0.5) is 11.9 Å². The number of benzene rings is 2. The zero-order valence-corrected chi connectivity index (χ0v) is 28.9. The van der Waals surface area contributed by atoms with Crippen molar-refractivity contribution in [2.75, 3.05) is 10.6 Å². The largest absolute Gasteiger partial charge is 0.366 e. The predicted molar refractivity (Wildman–Crippen MR) is 191 cm³/mol. The number of anilines is 2. The third-order valence-electron chi connectivity index (χ3n) is 8.51. The van der Waals surface area contributed by atoms with Crippen LogP contribution in [0, 0.1) is 6.92 Å². The summed E-state index contributed by atoms with van der Waals surface area (Å²) in [6.45, 7) is 6.25. The number of aryl methyl sites for hydroxylation is 5. The highest BCUT2D eigenvalue weighted by Gasteiger charge is 2.21. The van der Waals surface area contributed by atoms with Gasteiger partial charge < -0.3 is 20.6 Å². The second-order valence-electron chi connectivity index (χ2n) is 12.1. The van der Waals surface area contributed by atoms with Gasteiger partial charge in [-0.1, -0.05) is 26.0 Å². The highest BCUT2D eigenvalue weighted by Crippen LogP contribution is 2.27. The Morgan fingerprint density at radius 2 is 1.24 bits per heavy atom. The van der Waals surface area contributed by atoms with E-state index in [1.807, 2.05) is 42.1 Å². The fourth-order valence-electron chi connectivity index (χ4n) is 6.12. The quantitative estimate of drug-likeness (QED) is 0.140. The lowest BCUT2D eigenvalue weighted by Gasteiger charge is -2.10. The second kappa shape index (κ2) is 13.7. The zero-order chi connectivity index (χ0) is 36.6. The fourth-order valence-corrected chi connectivity index (χ4v) is 6.12. The Morgan fingerprint density at radius 3 is 1.78 bits per heavy atom. The number of rotatable bonds is 12. The van der Waals surface area contributed by atoms with Gasteiger partial charge >= 0.3 is 0 Å². The molecule has 4 aromatic heterocycles. The van der Waals surface area contributed by atoms with E-state index < -0.39 is 11.8 Å². The van der Waals surface area contributed by atoms with Crippen LogP contribution in [0.1, 0.15) is 72.2 Å². The second-order valence-corrected chi connectivity index (χ2v) is 12.1. The number of amides is 4. The van der Waals surface area contributed by atoms with Gasteiger partial charge in [-0.25, -0.2) is 9.97 Å². The summed E-state index contributed by atoms with van der Waals surface area (Å²) in [5, 5.41) is 14.6. The molecule has 16 nitrogen and oxygen atoms in total. The summed E-state index contributed by atoms with van der Waals surface area (Å²) in [6.07, 6.45) is 8.24. The van der Waals surface area contributed by atoms with Gasteiger partial charge in [0, 0.05) is 50.7 Å². The maximum Gasteiger partial charge on any atom is 0.261 e. The standard InChI is InChI=1S/C35H38N12O4/c1-6-24-22(17-44(4)42-24)32(50)40-34-38-26-15-20(30(36)48)10-11-28(26)46(34)12-8-9-13-47-29-19(3)14-21(31(37)49)16-27(29)39-35(47)41-33(51)23-18-45(5)43-25(23)7-2/h8-11,14-18H,6-7,12-13H2,1-5H3,(H2,36,48)(H2,37,49)(H,38,40,50)(H,39,41,51)/b9-8+. The molecule has 0 fully saturated rings. The average Bonchev–Trinajstić information content (AvgIpc) is 3.85. The first-order valence-corrected chi connectivity index (χ1v) is 16.3. The molecule has 0 aliphatic rings. The van der Waals surface area contributed by atoms with E-state index in [4.69, 9.17) is 11.5 Å². The lowest BCUT2D eigenvalue weighted by atomic mass is 10.1. The van der Waals surface area contributed by atoms with E-state index in [1.54, 1.807) is 66.2 Å². The van der Waals surface area contributed by atoms with Crippen LogP contribution < -0.4 is 22.1 Å². The molecule has 262 valence electrons. The monoisotopic (exact) mass is 690 g/mol. The molecule has 0 aliphatic heterocycles. The lowest BCUT2D eigenvalue weighted by molar-refractivity contribution is 0.0992. The number of fused-ring (bicyclic) bond motifs is 2. The maximum absolute atomic E-state index is 13.5. The van der Waals surface area contributed by atoms with Gasteiger partial charge in [-0.3, -0.25) is 39.2 Å². The van der Waals surface area contributed by atoms with Crippen molar-refractivity contribution >= 4 is 57.6 Å². The van der Waals surface area contributed by atoms with Gasteiger partial charge in [0.25, 0.3) is 11.8 Å². The number of hydrogen-bond donors (Lipinski definition) is 4. The number of carbonyl (C=O) groups excluding carboxylic acids is 4. The Morgan fingerprint density at radius 1 is 0.725 bits per heavy atom. The van der Waals surface area contributed by atoms with Gasteiger partial charge in [-0.05, 0) is 55.7 Å². The number of aromatic nitrogens is 8. The maximum atomic E-state index is 13.5. The van der Waals surface area contributed by atoms with Crippen molar-refractivity contribution in [1.82, 2.24) is 38.7 Å². The molecular weight excluding hydrogens is 652 g/mol. The number of primary amides is 2. The Labute approximate surface area is 292 Å². The first-order valence-electron chi connectivity index (χ1n) is 16.3. The minimum Gasteiger partial charge on any atom is -0.366 e. The highest BCUT2D eigenvalue weighted by atomic mass is 16.2. The van der Waals surface area contributed by atoms with Crippen molar-refractivity contribution in [3.05, 3.63) is 94.1 Å². The zero-order valence-electron chi connectivity index (χ0n) is 28.9. The van der Waals surface area contributed by atoms with E-state index in [0.717, 1.165) is 5.56 Å². The van der Waals surface area contributed by atoms with E-state index in [2.05, 4.69) is 30.8 Å². The molecule has 0 unspecified atom stereocenters. The smallest absolute Gasteiger partial charge is 0.261 e. The third kappa shape index (κ3) is 6.70. The molecule has 4 heterocycles. The minimum absolute atomic E-state index is 0.270. The van der Waals surface area contributed by atoms with E-state index in [1.165, 1.54) is 0 Å². The summed E-state index contributed by atoms with van der Waals surface area (Å²) < 4.78 is 6.83. The number of hydrogen-bond acceptors (Lipinski definition) is 8. The molecule has 0 atom stereocenters. The first kappa shape index (κ1) is 34.3. The number of imidazole rings is 2. The van der Waals surface area contributed by atoms with Crippen LogP contribution >= 0.6 is 0 Å². The topological polar surface area (TPSA) is 216 Å². The Hall–Kier alpha value is -6.58. The van der Waals surface area contributed by atoms with Gasteiger partial charge in [-0.2, -0.15) is 10.2 Å². The lowest BCUT2D eigenvalue weighted by Crippen LogP contribution is -2.17. The van der Waals surface area contributed by atoms with Crippen molar-refractivity contribution in [1.29, 1.82) is 0 Å². The molecule has 0 bridgehead atoms. The molecule has 6 N–H and O–H groups in total. The Bertz CT molecular complexity index is 2390. The van der Waals surface area contributed by atoms with E-state index >= 15 is 0 Å². The minimum atomic E-state index is -0.594. The summed E-state index contributed by atoms with van der Waals surface area (Å²) in [6, 6.07) is 8.20. The Kier molecular flexibility index (Phi) is 9.24. The molecular formula is C35H38N12O4. The summed E-state index contributed by atoms with van der Waals surface area (Å²) in [5.41, 5.74) is 17.0. The van der Waals surface area contributed by atoms with Crippen molar-refractivity contribution < 1.29 is 19.2 Å². The molecule has 51 heavy (non-hydrogen) atoms. The van der Waals surface area contributed by atoms with E-state index in [9.17, 15) is 19.2 Å². The summed E-state index contributed by atoms with van der Waals surface area (Å²) >= 11 is 0. The summed E-state index contributed by atoms with van der Waals surface area (Å²) in [4.78, 5) is 60.1. The van der Waals surface area contributed by atoms with Gasteiger partial charge in [0.1, 0.15) is 0 Å². The molecule has 0 radical (unpaired) electrons. The average molecular weight is 691 g/mol. The van der Waals surface area contributed by atoms with Crippen molar-refractivity contribution in [3.8, 4) is 0 Å². The molecule has 6 rings (SSSR count). The van der Waals surface area contributed by atoms with Crippen LogP contribution in [-0.2, 0) is 40.0 Å². The molecule has 2 aromatic carbocycles. The summed E-state index contributed by atoms with van der Waals surface area (Å²) in [5.74, 6) is -1.37. The van der Waals surface area contributed by atoms with Crippen LogP contribution in [-0.4, -0.2) is 62.3 Å². The van der Waals surface area contributed by atoms with Crippen LogP contribution in [0.25, 0.3) is 22.1 Å². The van der Waals surface area contributed by atoms with Gasteiger partial charge in [0.2, 0.25) is 23.7 Å². The van der Waals surface area contributed by atoms with Gasteiger partial charge in [0.15, 0.2) is 0 Å².